The van der Waals surface area contributed by atoms with E-state index in [0.717, 1.165) is 38.0 Å². The topological polar surface area (TPSA) is 77.9 Å². The van der Waals surface area contributed by atoms with E-state index in [4.69, 9.17) is 0 Å². The van der Waals surface area contributed by atoms with E-state index in [-0.39, 0.29) is 5.75 Å². The quantitative estimate of drug-likeness (QED) is 0.615. The molecule has 1 saturated heterocycles. The molecule has 1 aliphatic heterocycles. The Labute approximate surface area is 160 Å². The first-order valence-electron chi connectivity index (χ1n) is 8.99. The Morgan fingerprint density at radius 3 is 2.41 bits per heavy atom. The molecule has 7 nitrogen and oxygen atoms in total. The summed E-state index contributed by atoms with van der Waals surface area (Å²) in [5.74, 6) is 1.75. The minimum Gasteiger partial charge on any atom is -0.355 e. The van der Waals surface area contributed by atoms with Gasteiger partial charge in [0.05, 0.1) is 10.6 Å². The van der Waals surface area contributed by atoms with Crippen molar-refractivity contribution in [3.8, 4) is 0 Å². The lowest BCUT2D eigenvalue weighted by atomic mass is 10.3. The molecule has 0 atom stereocenters. The summed E-state index contributed by atoms with van der Waals surface area (Å²) in [7, 11) is -1.57. The lowest BCUT2D eigenvalue weighted by molar-refractivity contribution is 0.372. The highest BCUT2D eigenvalue weighted by atomic mass is 32.2. The van der Waals surface area contributed by atoms with Crippen LogP contribution in [-0.4, -0.2) is 69.8 Å². The van der Waals surface area contributed by atoms with Gasteiger partial charge in [-0.2, -0.15) is 0 Å². The van der Waals surface area contributed by atoms with Crippen LogP contribution < -0.4 is 10.2 Å². The lowest BCUT2D eigenvalue weighted by Gasteiger charge is -2.37. The molecule has 1 aliphatic rings. The third-order valence-corrected chi connectivity index (χ3v) is 6.25. The highest BCUT2D eigenvalue weighted by Crippen LogP contribution is 2.13. The molecule has 1 N–H and O–H groups in total. The van der Waals surface area contributed by atoms with Crippen LogP contribution in [0.1, 0.15) is 0 Å². The average molecular weight is 388 g/mol. The molecule has 1 aromatic heterocycles. The van der Waals surface area contributed by atoms with Crippen LogP contribution in [0, 0.1) is 0 Å². The summed E-state index contributed by atoms with van der Waals surface area (Å²) in [6.45, 7) is 3.63. The zero-order chi connectivity index (χ0) is 19.1. The van der Waals surface area contributed by atoms with Gasteiger partial charge in [-0.05, 0) is 24.3 Å². The number of hydrogen-bond donors (Lipinski definition) is 1. The molecule has 3 rings (SSSR count). The van der Waals surface area contributed by atoms with Gasteiger partial charge in [0.2, 0.25) is 0 Å². The van der Waals surface area contributed by atoms with Crippen molar-refractivity contribution in [1.29, 1.82) is 0 Å². The van der Waals surface area contributed by atoms with Crippen LogP contribution in [-0.2, 0) is 9.84 Å². The number of guanidine groups is 1. The van der Waals surface area contributed by atoms with E-state index in [1.54, 1.807) is 37.5 Å². The maximum Gasteiger partial charge on any atom is 0.193 e. The summed E-state index contributed by atoms with van der Waals surface area (Å²) in [4.78, 5) is 13.4. The number of aliphatic imine (C=N–C) groups is 1. The summed E-state index contributed by atoms with van der Waals surface area (Å²) in [5, 5.41) is 3.18. The second-order valence-electron chi connectivity index (χ2n) is 6.27. The Morgan fingerprint density at radius 1 is 1.07 bits per heavy atom. The molecule has 8 heteroatoms. The van der Waals surface area contributed by atoms with Gasteiger partial charge in [0.1, 0.15) is 5.82 Å². The van der Waals surface area contributed by atoms with E-state index in [1.807, 2.05) is 24.3 Å². The van der Waals surface area contributed by atoms with Crippen molar-refractivity contribution in [2.45, 2.75) is 4.90 Å². The van der Waals surface area contributed by atoms with Gasteiger partial charge in [-0.1, -0.05) is 24.3 Å². The number of nitrogens with zero attached hydrogens (tertiary/aromatic N) is 4. The van der Waals surface area contributed by atoms with Gasteiger partial charge >= 0.3 is 0 Å². The van der Waals surface area contributed by atoms with Crippen molar-refractivity contribution in [1.82, 2.24) is 15.2 Å². The third kappa shape index (κ3) is 4.97. The first-order valence-corrected chi connectivity index (χ1v) is 10.6. The summed E-state index contributed by atoms with van der Waals surface area (Å²) in [6.07, 6.45) is 1.80. The predicted octanol–water partition coefficient (Wildman–Crippen LogP) is 1.25. The standard InChI is InChI=1S/C19H25N5O2S/c1-20-19(22-11-16-27(25,26)17-7-3-2-4-8-17)24-14-12-23(13-15-24)18-9-5-6-10-21-18/h2-10H,11-16H2,1H3,(H,20,22). The van der Waals surface area contributed by atoms with Gasteiger partial charge in [0.25, 0.3) is 0 Å². The van der Waals surface area contributed by atoms with E-state index in [2.05, 4.69) is 25.1 Å². The van der Waals surface area contributed by atoms with E-state index in [1.165, 1.54) is 0 Å². The van der Waals surface area contributed by atoms with E-state index in [9.17, 15) is 8.42 Å². The van der Waals surface area contributed by atoms with Crippen molar-refractivity contribution in [2.75, 3.05) is 50.4 Å². The van der Waals surface area contributed by atoms with Gasteiger partial charge in [-0.3, -0.25) is 4.99 Å². The van der Waals surface area contributed by atoms with E-state index >= 15 is 0 Å². The molecule has 2 heterocycles. The number of anilines is 1. The lowest BCUT2D eigenvalue weighted by Crippen LogP contribution is -2.53. The summed E-state index contributed by atoms with van der Waals surface area (Å²) < 4.78 is 24.7. The minimum atomic E-state index is -3.29. The highest BCUT2D eigenvalue weighted by Gasteiger charge is 2.21. The Kier molecular flexibility index (Phi) is 6.28. The third-order valence-electron chi connectivity index (χ3n) is 4.52. The summed E-state index contributed by atoms with van der Waals surface area (Å²) in [5.41, 5.74) is 0. The normalized spacial score (nSPS) is 15.7. The van der Waals surface area contributed by atoms with Crippen LogP contribution in [0.2, 0.25) is 0 Å². The Bertz CT molecular complexity index is 848. The molecule has 1 fully saturated rings. The van der Waals surface area contributed by atoms with Crippen molar-refractivity contribution >= 4 is 21.6 Å². The van der Waals surface area contributed by atoms with Gasteiger partial charge in [-0.25, -0.2) is 13.4 Å². The second kappa shape index (κ2) is 8.85. The van der Waals surface area contributed by atoms with Gasteiger partial charge in [-0.15, -0.1) is 0 Å². The molecule has 2 aromatic rings. The number of aromatic nitrogens is 1. The first-order chi connectivity index (χ1) is 13.1. The second-order valence-corrected chi connectivity index (χ2v) is 8.38. The van der Waals surface area contributed by atoms with Crippen molar-refractivity contribution in [3.63, 3.8) is 0 Å². The van der Waals surface area contributed by atoms with Crippen LogP contribution in [0.5, 0.6) is 0 Å². The van der Waals surface area contributed by atoms with E-state index in [0.29, 0.717) is 11.4 Å². The maximum atomic E-state index is 12.4. The molecular weight excluding hydrogens is 362 g/mol. The van der Waals surface area contributed by atoms with E-state index < -0.39 is 9.84 Å². The number of piperazine rings is 1. The molecule has 0 radical (unpaired) electrons. The van der Waals surface area contributed by atoms with Gasteiger partial charge in [0, 0.05) is 46.0 Å². The van der Waals surface area contributed by atoms with Gasteiger partial charge in [0.15, 0.2) is 15.8 Å². The zero-order valence-corrected chi connectivity index (χ0v) is 16.3. The molecule has 1 aromatic carbocycles. The first kappa shape index (κ1) is 19.2. The largest absolute Gasteiger partial charge is 0.355 e. The van der Waals surface area contributed by atoms with Crippen molar-refractivity contribution in [2.24, 2.45) is 4.99 Å². The van der Waals surface area contributed by atoms with Crippen LogP contribution in [0.15, 0.2) is 64.6 Å². The van der Waals surface area contributed by atoms with Crippen LogP contribution >= 0.6 is 0 Å². The Morgan fingerprint density at radius 2 is 1.78 bits per heavy atom. The molecular formula is C19H25N5O2S. The molecule has 0 amide bonds. The molecule has 0 spiro atoms. The fourth-order valence-electron chi connectivity index (χ4n) is 3.06. The minimum absolute atomic E-state index is 0.0317. The zero-order valence-electron chi connectivity index (χ0n) is 15.5. The highest BCUT2D eigenvalue weighted by molar-refractivity contribution is 7.91. The molecule has 0 bridgehead atoms. The van der Waals surface area contributed by atoms with Crippen LogP contribution in [0.4, 0.5) is 5.82 Å². The number of benzene rings is 1. The van der Waals surface area contributed by atoms with Crippen molar-refractivity contribution < 1.29 is 8.42 Å². The Hall–Kier alpha value is -2.61. The van der Waals surface area contributed by atoms with Gasteiger partial charge < -0.3 is 15.1 Å². The summed E-state index contributed by atoms with van der Waals surface area (Å²) >= 11 is 0. The fraction of sp³-hybridized carbons (Fsp3) is 0.368. The SMILES string of the molecule is CN=C(NCCS(=O)(=O)c1ccccc1)N1CCN(c2ccccn2)CC1. The number of sulfone groups is 1. The Balaban J connectivity index is 1.50. The number of nitrogens with one attached hydrogen (secondary N) is 1. The molecule has 144 valence electrons. The molecule has 0 aliphatic carbocycles. The molecule has 27 heavy (non-hydrogen) atoms. The smallest absolute Gasteiger partial charge is 0.193 e. The average Bonchev–Trinajstić information content (AvgIpc) is 2.73. The van der Waals surface area contributed by atoms with Crippen LogP contribution in [0.25, 0.3) is 0 Å². The molecule has 0 unspecified atom stereocenters. The summed E-state index contributed by atoms with van der Waals surface area (Å²) in [6, 6.07) is 14.4. The number of hydrogen-bond acceptors (Lipinski definition) is 5. The fourth-order valence-corrected chi connectivity index (χ4v) is 4.24. The predicted molar refractivity (Wildman–Crippen MR) is 108 cm³/mol. The molecule has 0 saturated carbocycles. The maximum absolute atomic E-state index is 12.4. The number of rotatable bonds is 5. The number of pyridine rings is 1. The monoisotopic (exact) mass is 387 g/mol. The van der Waals surface area contributed by atoms with Crippen LogP contribution in [0.3, 0.4) is 0 Å². The van der Waals surface area contributed by atoms with Crippen molar-refractivity contribution in [3.05, 3.63) is 54.7 Å².